The summed E-state index contributed by atoms with van der Waals surface area (Å²) in [6, 6.07) is 13.8. The monoisotopic (exact) mass is 390 g/mol. The van der Waals surface area contributed by atoms with E-state index in [1.807, 2.05) is 56.3 Å². The Kier molecular flexibility index (Phi) is 7.12. The number of ether oxygens (including phenoxy) is 1. The Morgan fingerprint density at radius 3 is 2.38 bits per heavy atom. The van der Waals surface area contributed by atoms with Crippen LogP contribution in [0.3, 0.4) is 0 Å². The number of nitrogens with one attached hydrogen (secondary N) is 2. The van der Waals surface area contributed by atoms with Gasteiger partial charge in [-0.15, -0.1) is 0 Å². The van der Waals surface area contributed by atoms with Gasteiger partial charge in [-0.1, -0.05) is 46.3 Å². The molecule has 0 aliphatic rings. The summed E-state index contributed by atoms with van der Waals surface area (Å²) < 4.78 is 6.84. The third-order valence-electron chi connectivity index (χ3n) is 3.63. The van der Waals surface area contributed by atoms with E-state index in [-0.39, 0.29) is 6.03 Å². The Labute approximate surface area is 151 Å². The SMILES string of the molecule is Cc1cccc(C)c1OCCCNC(=O)NCc1ccc(Br)cc1. The molecule has 2 amide bonds. The van der Waals surface area contributed by atoms with Gasteiger partial charge in [-0.25, -0.2) is 4.79 Å². The number of hydrogen-bond donors (Lipinski definition) is 2. The van der Waals surface area contributed by atoms with Crippen molar-refractivity contribution < 1.29 is 9.53 Å². The lowest BCUT2D eigenvalue weighted by Gasteiger charge is -2.12. The van der Waals surface area contributed by atoms with Crippen LogP contribution in [0, 0.1) is 13.8 Å². The molecule has 2 aromatic carbocycles. The molecule has 24 heavy (non-hydrogen) atoms. The normalized spacial score (nSPS) is 10.3. The summed E-state index contributed by atoms with van der Waals surface area (Å²) in [5.41, 5.74) is 3.33. The van der Waals surface area contributed by atoms with Gasteiger partial charge in [-0.05, 0) is 49.1 Å². The first-order chi connectivity index (χ1) is 11.6. The highest BCUT2D eigenvalue weighted by molar-refractivity contribution is 9.10. The number of para-hydroxylation sites is 1. The van der Waals surface area contributed by atoms with Crippen LogP contribution in [0.25, 0.3) is 0 Å². The molecule has 4 nitrogen and oxygen atoms in total. The second-order valence-electron chi connectivity index (χ2n) is 5.66. The molecule has 0 aliphatic heterocycles. The molecule has 0 heterocycles. The van der Waals surface area contributed by atoms with Crippen LogP contribution in [0.1, 0.15) is 23.1 Å². The number of urea groups is 1. The molecule has 2 aromatic rings. The molecule has 128 valence electrons. The molecule has 0 radical (unpaired) electrons. The first-order valence-corrected chi connectivity index (χ1v) is 8.80. The number of carbonyl (C=O) groups is 1. The Hall–Kier alpha value is -2.01. The topological polar surface area (TPSA) is 50.4 Å². The van der Waals surface area contributed by atoms with Crippen molar-refractivity contribution in [3.8, 4) is 5.75 Å². The predicted molar refractivity (Wildman–Crippen MR) is 100 cm³/mol. The third-order valence-corrected chi connectivity index (χ3v) is 4.16. The quantitative estimate of drug-likeness (QED) is 0.691. The van der Waals surface area contributed by atoms with E-state index in [0.29, 0.717) is 19.7 Å². The van der Waals surface area contributed by atoms with Gasteiger partial charge in [0, 0.05) is 17.6 Å². The number of carbonyl (C=O) groups excluding carboxylic acids is 1. The van der Waals surface area contributed by atoms with Gasteiger partial charge in [0.25, 0.3) is 0 Å². The van der Waals surface area contributed by atoms with Crippen molar-refractivity contribution in [1.29, 1.82) is 0 Å². The molecule has 0 saturated carbocycles. The summed E-state index contributed by atoms with van der Waals surface area (Å²) in [6.07, 6.45) is 0.763. The van der Waals surface area contributed by atoms with Gasteiger partial charge >= 0.3 is 6.03 Å². The zero-order chi connectivity index (χ0) is 17.4. The van der Waals surface area contributed by atoms with Crippen LogP contribution in [0.5, 0.6) is 5.75 Å². The molecular weight excluding hydrogens is 368 g/mol. The van der Waals surface area contributed by atoms with Gasteiger partial charge in [0.05, 0.1) is 6.61 Å². The Balaban J connectivity index is 1.62. The molecule has 0 aromatic heterocycles. The maximum atomic E-state index is 11.8. The zero-order valence-corrected chi connectivity index (χ0v) is 15.7. The number of benzene rings is 2. The summed E-state index contributed by atoms with van der Waals surface area (Å²) in [5, 5.41) is 5.68. The highest BCUT2D eigenvalue weighted by atomic mass is 79.9. The fourth-order valence-electron chi connectivity index (χ4n) is 2.32. The van der Waals surface area contributed by atoms with Crippen molar-refractivity contribution in [3.05, 3.63) is 63.6 Å². The maximum Gasteiger partial charge on any atom is 0.315 e. The molecule has 2 N–H and O–H groups in total. The summed E-state index contributed by atoms with van der Waals surface area (Å²) >= 11 is 3.39. The first kappa shape index (κ1) is 18.3. The van der Waals surface area contributed by atoms with E-state index >= 15 is 0 Å². The van der Waals surface area contributed by atoms with E-state index in [4.69, 9.17) is 4.74 Å². The third kappa shape index (κ3) is 5.89. The van der Waals surface area contributed by atoms with E-state index in [0.717, 1.165) is 33.3 Å². The highest BCUT2D eigenvalue weighted by Crippen LogP contribution is 2.22. The van der Waals surface area contributed by atoms with Gasteiger partial charge in [-0.2, -0.15) is 0 Å². The van der Waals surface area contributed by atoms with Gasteiger partial charge in [0.2, 0.25) is 0 Å². The van der Waals surface area contributed by atoms with Gasteiger partial charge in [-0.3, -0.25) is 0 Å². The number of amides is 2. The predicted octanol–water partition coefficient (Wildman–Crippen LogP) is 4.33. The first-order valence-electron chi connectivity index (χ1n) is 8.01. The van der Waals surface area contributed by atoms with Crippen LogP contribution in [0.4, 0.5) is 4.79 Å². The van der Waals surface area contributed by atoms with Crippen LogP contribution < -0.4 is 15.4 Å². The molecule has 0 atom stereocenters. The molecule has 2 rings (SSSR count). The fourth-order valence-corrected chi connectivity index (χ4v) is 2.59. The lowest BCUT2D eigenvalue weighted by molar-refractivity contribution is 0.238. The van der Waals surface area contributed by atoms with Crippen molar-refractivity contribution in [1.82, 2.24) is 10.6 Å². The molecule has 0 saturated heterocycles. The molecule has 0 aliphatic carbocycles. The van der Waals surface area contributed by atoms with Crippen LogP contribution in [-0.4, -0.2) is 19.2 Å². The summed E-state index contributed by atoms with van der Waals surface area (Å²) in [6.45, 7) is 5.75. The highest BCUT2D eigenvalue weighted by Gasteiger charge is 2.03. The molecular formula is C19H23BrN2O2. The van der Waals surface area contributed by atoms with Crippen LogP contribution in [-0.2, 0) is 6.54 Å². The molecule has 0 unspecified atom stereocenters. The van der Waals surface area contributed by atoms with E-state index in [2.05, 4.69) is 26.6 Å². The van der Waals surface area contributed by atoms with Crippen molar-refractivity contribution in [2.24, 2.45) is 0 Å². The zero-order valence-electron chi connectivity index (χ0n) is 14.1. The van der Waals surface area contributed by atoms with Crippen molar-refractivity contribution in [3.63, 3.8) is 0 Å². The van der Waals surface area contributed by atoms with E-state index in [9.17, 15) is 4.79 Å². The number of hydrogen-bond acceptors (Lipinski definition) is 2. The minimum absolute atomic E-state index is 0.162. The van der Waals surface area contributed by atoms with E-state index < -0.39 is 0 Å². The Morgan fingerprint density at radius 2 is 1.71 bits per heavy atom. The van der Waals surface area contributed by atoms with Crippen molar-refractivity contribution >= 4 is 22.0 Å². The van der Waals surface area contributed by atoms with Crippen LogP contribution >= 0.6 is 15.9 Å². The largest absolute Gasteiger partial charge is 0.493 e. The minimum atomic E-state index is -0.162. The van der Waals surface area contributed by atoms with E-state index in [1.165, 1.54) is 0 Å². The maximum absolute atomic E-state index is 11.8. The van der Waals surface area contributed by atoms with E-state index in [1.54, 1.807) is 0 Å². The summed E-state index contributed by atoms with van der Waals surface area (Å²) in [4.78, 5) is 11.8. The molecule has 0 fully saturated rings. The van der Waals surface area contributed by atoms with Crippen molar-refractivity contribution in [2.45, 2.75) is 26.8 Å². The molecule has 0 spiro atoms. The Morgan fingerprint density at radius 1 is 1.04 bits per heavy atom. The number of rotatable bonds is 7. The second-order valence-corrected chi connectivity index (χ2v) is 6.57. The van der Waals surface area contributed by atoms with Crippen LogP contribution in [0.2, 0.25) is 0 Å². The molecule has 5 heteroatoms. The van der Waals surface area contributed by atoms with Gasteiger partial charge in [0.1, 0.15) is 5.75 Å². The lowest BCUT2D eigenvalue weighted by atomic mass is 10.1. The minimum Gasteiger partial charge on any atom is -0.493 e. The van der Waals surface area contributed by atoms with Gasteiger partial charge < -0.3 is 15.4 Å². The lowest BCUT2D eigenvalue weighted by Crippen LogP contribution is -2.36. The standard InChI is InChI=1S/C19H23BrN2O2/c1-14-5-3-6-15(2)18(14)24-12-4-11-21-19(23)22-13-16-7-9-17(20)10-8-16/h3,5-10H,4,11-13H2,1-2H3,(H2,21,22,23). The molecule has 0 bridgehead atoms. The number of aryl methyl sites for hydroxylation is 2. The van der Waals surface area contributed by atoms with Crippen molar-refractivity contribution in [2.75, 3.05) is 13.2 Å². The Bertz CT molecular complexity index is 651. The average Bonchev–Trinajstić information content (AvgIpc) is 2.56. The second kappa shape index (κ2) is 9.33. The number of halogens is 1. The van der Waals surface area contributed by atoms with Crippen LogP contribution in [0.15, 0.2) is 46.9 Å². The summed E-state index contributed by atoms with van der Waals surface area (Å²) in [5.74, 6) is 0.942. The smallest absolute Gasteiger partial charge is 0.315 e. The van der Waals surface area contributed by atoms with Gasteiger partial charge in [0.15, 0.2) is 0 Å². The fraction of sp³-hybridized carbons (Fsp3) is 0.316. The summed E-state index contributed by atoms with van der Waals surface area (Å²) in [7, 11) is 0. The average molecular weight is 391 g/mol.